The zero-order chi connectivity index (χ0) is 9.97. The van der Waals surface area contributed by atoms with Crippen molar-refractivity contribution in [1.29, 1.82) is 0 Å². The molecular weight excluding hydrogens is 196 g/mol. The summed E-state index contributed by atoms with van der Waals surface area (Å²) in [5, 5.41) is 8.39. The molecule has 1 aromatic heterocycles. The number of rotatable bonds is 2. The van der Waals surface area contributed by atoms with E-state index in [4.69, 9.17) is 0 Å². The van der Waals surface area contributed by atoms with Crippen LogP contribution in [0.5, 0.6) is 0 Å². The molecule has 1 aliphatic heterocycles. The molecule has 0 saturated carbocycles. The number of likely N-dealkylation sites (tertiary alicyclic amines) is 1. The van der Waals surface area contributed by atoms with E-state index in [1.807, 2.05) is 0 Å². The zero-order valence-corrected chi connectivity index (χ0v) is 9.42. The van der Waals surface area contributed by atoms with Crippen LogP contribution in [0.15, 0.2) is 6.20 Å². The van der Waals surface area contributed by atoms with Gasteiger partial charge in [-0.05, 0) is 26.8 Å². The molecule has 0 radical (unpaired) electrons. The molecule has 1 aromatic rings. The van der Waals surface area contributed by atoms with Crippen LogP contribution in [0.1, 0.15) is 19.8 Å². The average molecular weight is 212 g/mol. The lowest BCUT2D eigenvalue weighted by Gasteiger charge is -2.35. The standard InChI is InChI=1S/C9H16N4S/c1-7-5-8(3-4-13(7)2)11-9-6-10-12-14-9/h6-8,11H,3-5H2,1-2H3. The van der Waals surface area contributed by atoms with Gasteiger partial charge in [0.25, 0.3) is 0 Å². The lowest BCUT2D eigenvalue weighted by molar-refractivity contribution is 0.190. The van der Waals surface area contributed by atoms with Crippen LogP contribution >= 0.6 is 11.5 Å². The first kappa shape index (κ1) is 9.86. The van der Waals surface area contributed by atoms with Crippen LogP contribution < -0.4 is 5.32 Å². The summed E-state index contributed by atoms with van der Waals surface area (Å²) in [6, 6.07) is 1.26. The first-order chi connectivity index (χ1) is 6.75. The third-order valence-electron chi connectivity index (χ3n) is 2.92. The highest BCUT2D eigenvalue weighted by atomic mass is 32.1. The maximum absolute atomic E-state index is 3.84. The monoisotopic (exact) mass is 212 g/mol. The summed E-state index contributed by atoms with van der Waals surface area (Å²) in [5.74, 6) is 0. The van der Waals surface area contributed by atoms with Crippen LogP contribution in [0.4, 0.5) is 5.00 Å². The van der Waals surface area contributed by atoms with Gasteiger partial charge in [-0.2, -0.15) is 0 Å². The highest BCUT2D eigenvalue weighted by Gasteiger charge is 2.22. The van der Waals surface area contributed by atoms with Gasteiger partial charge in [-0.25, -0.2) is 0 Å². The van der Waals surface area contributed by atoms with E-state index < -0.39 is 0 Å². The minimum Gasteiger partial charge on any atom is -0.372 e. The molecule has 0 aliphatic carbocycles. The summed E-state index contributed by atoms with van der Waals surface area (Å²) in [6.45, 7) is 3.45. The molecule has 5 heteroatoms. The van der Waals surface area contributed by atoms with Gasteiger partial charge in [0, 0.05) is 30.2 Å². The Hall–Kier alpha value is -0.680. The van der Waals surface area contributed by atoms with E-state index in [2.05, 4.69) is 33.8 Å². The third-order valence-corrected chi connectivity index (χ3v) is 3.51. The van der Waals surface area contributed by atoms with Gasteiger partial charge in [-0.15, -0.1) is 5.10 Å². The van der Waals surface area contributed by atoms with Crippen molar-refractivity contribution in [1.82, 2.24) is 14.5 Å². The molecule has 1 N–H and O–H groups in total. The second-order valence-corrected chi connectivity index (χ2v) is 4.76. The van der Waals surface area contributed by atoms with Crippen LogP contribution in [0.3, 0.4) is 0 Å². The fraction of sp³-hybridized carbons (Fsp3) is 0.778. The molecule has 1 saturated heterocycles. The van der Waals surface area contributed by atoms with Crippen LogP contribution in [0, 0.1) is 0 Å². The molecular formula is C9H16N4S. The SMILES string of the molecule is CC1CC(Nc2cnns2)CCN1C. The van der Waals surface area contributed by atoms with E-state index in [1.165, 1.54) is 30.9 Å². The van der Waals surface area contributed by atoms with Gasteiger partial charge in [0.1, 0.15) is 5.00 Å². The van der Waals surface area contributed by atoms with E-state index in [-0.39, 0.29) is 0 Å². The first-order valence-corrected chi connectivity index (χ1v) is 5.77. The summed E-state index contributed by atoms with van der Waals surface area (Å²) in [6.07, 6.45) is 4.21. The Kier molecular flexibility index (Phi) is 2.98. The third kappa shape index (κ3) is 2.22. The fourth-order valence-corrected chi connectivity index (χ4v) is 2.35. The lowest BCUT2D eigenvalue weighted by Crippen LogP contribution is -2.42. The fourth-order valence-electron chi connectivity index (χ4n) is 1.85. The van der Waals surface area contributed by atoms with Crippen molar-refractivity contribution in [2.24, 2.45) is 0 Å². The van der Waals surface area contributed by atoms with E-state index in [0.29, 0.717) is 12.1 Å². The van der Waals surface area contributed by atoms with Gasteiger partial charge < -0.3 is 10.2 Å². The molecule has 0 spiro atoms. The van der Waals surface area contributed by atoms with Crippen LogP contribution in [0.25, 0.3) is 0 Å². The minimum atomic E-state index is 0.587. The molecule has 1 aliphatic rings. The van der Waals surface area contributed by atoms with Crippen molar-refractivity contribution in [2.75, 3.05) is 18.9 Å². The summed E-state index contributed by atoms with van der Waals surface area (Å²) in [4.78, 5) is 2.41. The van der Waals surface area contributed by atoms with Crippen molar-refractivity contribution in [2.45, 2.75) is 31.8 Å². The molecule has 0 amide bonds. The Bertz CT molecular complexity index is 274. The molecule has 2 heterocycles. The minimum absolute atomic E-state index is 0.587. The van der Waals surface area contributed by atoms with E-state index >= 15 is 0 Å². The van der Waals surface area contributed by atoms with Crippen molar-refractivity contribution < 1.29 is 0 Å². The summed E-state index contributed by atoms with van der Waals surface area (Å²) < 4.78 is 3.84. The maximum Gasteiger partial charge on any atom is 0.130 e. The second kappa shape index (κ2) is 4.23. The maximum atomic E-state index is 3.84. The Morgan fingerprint density at radius 3 is 3.14 bits per heavy atom. The predicted molar refractivity (Wildman–Crippen MR) is 58.6 cm³/mol. The van der Waals surface area contributed by atoms with Crippen LogP contribution in [-0.4, -0.2) is 40.2 Å². The highest BCUT2D eigenvalue weighted by molar-refractivity contribution is 7.09. The smallest absolute Gasteiger partial charge is 0.130 e. The second-order valence-electron chi connectivity index (χ2n) is 3.98. The van der Waals surface area contributed by atoms with Gasteiger partial charge in [0.2, 0.25) is 0 Å². The molecule has 14 heavy (non-hydrogen) atoms. The molecule has 2 atom stereocenters. The van der Waals surface area contributed by atoms with Gasteiger partial charge >= 0.3 is 0 Å². The molecule has 0 aromatic carbocycles. The molecule has 2 unspecified atom stereocenters. The first-order valence-electron chi connectivity index (χ1n) is 5.00. The summed E-state index contributed by atoms with van der Waals surface area (Å²) in [7, 11) is 2.19. The number of nitrogens with zero attached hydrogens (tertiary/aromatic N) is 3. The number of aromatic nitrogens is 2. The number of nitrogens with one attached hydrogen (secondary N) is 1. The Labute approximate surface area is 88.5 Å². The van der Waals surface area contributed by atoms with E-state index in [0.717, 1.165) is 5.00 Å². The normalized spacial score (nSPS) is 29.0. The topological polar surface area (TPSA) is 41.1 Å². The molecule has 4 nitrogen and oxygen atoms in total. The van der Waals surface area contributed by atoms with Gasteiger partial charge in [0.15, 0.2) is 0 Å². The largest absolute Gasteiger partial charge is 0.372 e. The summed E-state index contributed by atoms with van der Waals surface area (Å²) in [5.41, 5.74) is 0. The number of hydrogen-bond acceptors (Lipinski definition) is 5. The summed E-state index contributed by atoms with van der Waals surface area (Å²) >= 11 is 1.43. The van der Waals surface area contributed by atoms with Crippen LogP contribution in [0.2, 0.25) is 0 Å². The van der Waals surface area contributed by atoms with Gasteiger partial charge in [-0.3, -0.25) is 0 Å². The molecule has 2 rings (SSSR count). The quantitative estimate of drug-likeness (QED) is 0.805. The van der Waals surface area contributed by atoms with E-state index in [1.54, 1.807) is 6.20 Å². The molecule has 0 bridgehead atoms. The Morgan fingerprint density at radius 2 is 2.50 bits per heavy atom. The Balaban J connectivity index is 1.88. The predicted octanol–water partition coefficient (Wildman–Crippen LogP) is 1.43. The Morgan fingerprint density at radius 1 is 1.64 bits per heavy atom. The highest BCUT2D eigenvalue weighted by Crippen LogP contribution is 2.20. The van der Waals surface area contributed by atoms with Crippen molar-refractivity contribution in [3.8, 4) is 0 Å². The average Bonchev–Trinajstić information content (AvgIpc) is 2.64. The van der Waals surface area contributed by atoms with Gasteiger partial charge in [0.05, 0.1) is 6.20 Å². The van der Waals surface area contributed by atoms with E-state index in [9.17, 15) is 0 Å². The zero-order valence-electron chi connectivity index (χ0n) is 8.60. The number of piperidine rings is 1. The lowest BCUT2D eigenvalue weighted by atomic mass is 9.99. The van der Waals surface area contributed by atoms with Gasteiger partial charge in [-0.1, -0.05) is 4.49 Å². The van der Waals surface area contributed by atoms with Crippen molar-refractivity contribution in [3.63, 3.8) is 0 Å². The molecule has 78 valence electrons. The van der Waals surface area contributed by atoms with Crippen LogP contribution in [-0.2, 0) is 0 Å². The molecule has 1 fully saturated rings. The van der Waals surface area contributed by atoms with Crippen molar-refractivity contribution in [3.05, 3.63) is 6.20 Å². The number of hydrogen-bond donors (Lipinski definition) is 1. The number of anilines is 1. The van der Waals surface area contributed by atoms with Crippen molar-refractivity contribution >= 4 is 16.5 Å².